The minimum absolute atomic E-state index is 0.0140. The highest BCUT2D eigenvalue weighted by atomic mass is 32.1. The maximum Gasteiger partial charge on any atom is 0.417 e. The molecule has 0 amide bonds. The Morgan fingerprint density at radius 3 is 2.26 bits per heavy atom. The predicted molar refractivity (Wildman–Crippen MR) is 69.1 cm³/mol. The molecule has 0 unspecified atom stereocenters. The number of ketones is 1. The second-order valence-electron chi connectivity index (χ2n) is 3.76. The van der Waals surface area contributed by atoms with Gasteiger partial charge in [0.1, 0.15) is 0 Å². The van der Waals surface area contributed by atoms with Crippen molar-refractivity contribution < 1.29 is 18.0 Å². The van der Waals surface area contributed by atoms with Crippen molar-refractivity contribution in [2.75, 3.05) is 0 Å². The predicted octanol–water partition coefficient (Wildman–Crippen LogP) is 4.58. The van der Waals surface area contributed by atoms with Gasteiger partial charge in [-0.3, -0.25) is 4.79 Å². The van der Waals surface area contributed by atoms with Gasteiger partial charge in [-0.2, -0.15) is 13.2 Å². The van der Waals surface area contributed by atoms with Crippen LogP contribution in [0.5, 0.6) is 0 Å². The minimum Gasteiger partial charge on any atom is -0.288 e. The Morgan fingerprint density at radius 2 is 1.74 bits per heavy atom. The van der Waals surface area contributed by atoms with Gasteiger partial charge in [-0.25, -0.2) is 0 Å². The van der Waals surface area contributed by atoms with Gasteiger partial charge in [-0.1, -0.05) is 36.4 Å². The molecule has 0 fully saturated rings. The number of hydrogen-bond acceptors (Lipinski definition) is 2. The molecule has 0 aliphatic heterocycles. The Bertz CT molecular complexity index is 583. The van der Waals surface area contributed by atoms with E-state index in [-0.39, 0.29) is 10.4 Å². The first-order valence-electron chi connectivity index (χ1n) is 5.40. The third-order valence-electron chi connectivity index (χ3n) is 2.43. The number of alkyl halides is 3. The summed E-state index contributed by atoms with van der Waals surface area (Å²) in [6.45, 7) is 0. The number of hydrogen-bond donors (Lipinski definition) is 0. The van der Waals surface area contributed by atoms with Crippen molar-refractivity contribution >= 4 is 22.7 Å². The molecule has 0 saturated heterocycles. The third-order valence-corrected chi connectivity index (χ3v) is 3.31. The number of allylic oxidation sites excluding steroid dienone is 2. The largest absolute Gasteiger partial charge is 0.417 e. The zero-order valence-electron chi connectivity index (χ0n) is 9.65. The first kappa shape index (κ1) is 13.5. The first-order chi connectivity index (χ1) is 8.98. The molecule has 19 heavy (non-hydrogen) atoms. The molecule has 5 heteroatoms. The average Bonchev–Trinajstić information content (AvgIpc) is 2.89. The van der Waals surface area contributed by atoms with E-state index in [1.807, 2.05) is 0 Å². The normalized spacial score (nSPS) is 12.5. The van der Waals surface area contributed by atoms with Crippen LogP contribution in [0.15, 0.2) is 53.9 Å². The van der Waals surface area contributed by atoms with Crippen molar-refractivity contribution in [2.24, 2.45) is 0 Å². The second kappa shape index (κ2) is 5.40. The summed E-state index contributed by atoms with van der Waals surface area (Å²) < 4.78 is 39.0. The Kier molecular flexibility index (Phi) is 3.85. The van der Waals surface area contributed by atoms with Crippen LogP contribution in [-0.2, 0) is 0 Å². The van der Waals surface area contributed by atoms with Crippen LogP contribution >= 0.6 is 11.3 Å². The van der Waals surface area contributed by atoms with Gasteiger partial charge in [-0.15, -0.1) is 11.3 Å². The van der Waals surface area contributed by atoms with Gasteiger partial charge in [0.05, 0.1) is 10.5 Å². The highest BCUT2D eigenvalue weighted by Crippen LogP contribution is 2.34. The highest BCUT2D eigenvalue weighted by molar-refractivity contribution is 7.12. The zero-order chi connectivity index (χ0) is 13.9. The lowest BCUT2D eigenvalue weighted by Gasteiger charge is -2.11. The molecule has 98 valence electrons. The smallest absolute Gasteiger partial charge is 0.288 e. The van der Waals surface area contributed by atoms with Crippen molar-refractivity contribution in [1.82, 2.24) is 0 Å². The van der Waals surface area contributed by atoms with E-state index in [1.54, 1.807) is 17.5 Å². The minimum atomic E-state index is -4.56. The monoisotopic (exact) mass is 282 g/mol. The van der Waals surface area contributed by atoms with Crippen molar-refractivity contribution in [1.29, 1.82) is 0 Å². The van der Waals surface area contributed by atoms with Crippen LogP contribution in [-0.4, -0.2) is 12.0 Å². The average molecular weight is 282 g/mol. The molecule has 2 aromatic rings. The Balaban J connectivity index is 2.42. The standard InChI is InChI=1S/C14H9F3OS/c15-14(16,17)11(10-5-2-1-3-6-10)9-12(18)13-7-4-8-19-13/h1-9H/b11-9+. The molecule has 0 aliphatic rings. The number of carbonyl (C=O) groups excluding carboxylic acids is 1. The maximum atomic E-state index is 13.0. The maximum absolute atomic E-state index is 13.0. The van der Waals surface area contributed by atoms with E-state index in [0.717, 1.165) is 11.3 Å². The van der Waals surface area contributed by atoms with Crippen molar-refractivity contribution in [3.8, 4) is 0 Å². The van der Waals surface area contributed by atoms with Crippen molar-refractivity contribution in [3.63, 3.8) is 0 Å². The molecule has 0 aliphatic carbocycles. The van der Waals surface area contributed by atoms with Gasteiger partial charge in [-0.05, 0) is 23.1 Å². The van der Waals surface area contributed by atoms with E-state index in [1.165, 1.54) is 30.3 Å². The Morgan fingerprint density at radius 1 is 1.05 bits per heavy atom. The van der Waals surface area contributed by atoms with Crippen LogP contribution in [0.25, 0.3) is 5.57 Å². The molecule has 1 heterocycles. The quantitative estimate of drug-likeness (QED) is 0.595. The SMILES string of the molecule is O=C(/C=C(\c1ccccc1)C(F)(F)F)c1cccs1. The number of halogens is 3. The fraction of sp³-hybridized carbons (Fsp3) is 0.0714. The van der Waals surface area contributed by atoms with Crippen LogP contribution in [0.3, 0.4) is 0 Å². The highest BCUT2D eigenvalue weighted by Gasteiger charge is 2.35. The van der Waals surface area contributed by atoms with Crippen LogP contribution < -0.4 is 0 Å². The number of carbonyl (C=O) groups is 1. The van der Waals surface area contributed by atoms with Crippen LogP contribution in [0.1, 0.15) is 15.2 Å². The molecular weight excluding hydrogens is 273 g/mol. The van der Waals surface area contributed by atoms with Crippen molar-refractivity contribution in [2.45, 2.75) is 6.18 Å². The molecule has 0 spiro atoms. The van der Waals surface area contributed by atoms with Gasteiger partial charge in [0, 0.05) is 0 Å². The molecule has 0 N–H and O–H groups in total. The van der Waals surface area contributed by atoms with E-state index in [0.29, 0.717) is 6.08 Å². The van der Waals surface area contributed by atoms with E-state index in [2.05, 4.69) is 0 Å². The van der Waals surface area contributed by atoms with Gasteiger partial charge in [0.15, 0.2) is 5.78 Å². The lowest BCUT2D eigenvalue weighted by molar-refractivity contribution is -0.0689. The van der Waals surface area contributed by atoms with Gasteiger partial charge >= 0.3 is 6.18 Å². The lowest BCUT2D eigenvalue weighted by Crippen LogP contribution is -2.12. The van der Waals surface area contributed by atoms with E-state index in [4.69, 9.17) is 0 Å². The third kappa shape index (κ3) is 3.32. The summed E-state index contributed by atoms with van der Waals surface area (Å²) in [6.07, 6.45) is -3.91. The number of thiophene rings is 1. The van der Waals surface area contributed by atoms with Crippen LogP contribution in [0.4, 0.5) is 13.2 Å². The first-order valence-corrected chi connectivity index (χ1v) is 6.28. The lowest BCUT2D eigenvalue weighted by atomic mass is 10.0. The van der Waals surface area contributed by atoms with Gasteiger partial charge < -0.3 is 0 Å². The van der Waals surface area contributed by atoms with E-state index < -0.39 is 17.5 Å². The van der Waals surface area contributed by atoms with Crippen molar-refractivity contribution in [3.05, 3.63) is 64.4 Å². The summed E-state index contributed by atoms with van der Waals surface area (Å²) in [5.41, 5.74) is -0.939. The van der Waals surface area contributed by atoms with Crippen LogP contribution in [0.2, 0.25) is 0 Å². The molecule has 2 rings (SSSR count). The van der Waals surface area contributed by atoms with Gasteiger partial charge in [0.25, 0.3) is 0 Å². The number of rotatable bonds is 3. The Hall–Kier alpha value is -1.88. The van der Waals surface area contributed by atoms with Gasteiger partial charge in [0.2, 0.25) is 0 Å². The fourth-order valence-corrected chi connectivity index (χ4v) is 2.20. The molecule has 0 atom stereocenters. The molecule has 1 nitrogen and oxygen atoms in total. The van der Waals surface area contributed by atoms with E-state index >= 15 is 0 Å². The molecule has 1 aromatic heterocycles. The summed E-state index contributed by atoms with van der Waals surface area (Å²) in [7, 11) is 0. The molecule has 0 radical (unpaired) electrons. The summed E-state index contributed by atoms with van der Waals surface area (Å²) >= 11 is 1.12. The fourth-order valence-electron chi connectivity index (χ4n) is 1.57. The van der Waals surface area contributed by atoms with Crippen LogP contribution in [0, 0.1) is 0 Å². The summed E-state index contributed by atoms with van der Waals surface area (Å²) in [5.74, 6) is -0.633. The Labute approximate surface area is 112 Å². The number of benzene rings is 1. The summed E-state index contributed by atoms with van der Waals surface area (Å²) in [4.78, 5) is 12.1. The topological polar surface area (TPSA) is 17.1 Å². The summed E-state index contributed by atoms with van der Waals surface area (Å²) in [5, 5.41) is 1.65. The molecule has 1 aromatic carbocycles. The summed E-state index contributed by atoms with van der Waals surface area (Å²) in [6, 6.07) is 10.4. The van der Waals surface area contributed by atoms with E-state index in [9.17, 15) is 18.0 Å². The molecule has 0 bridgehead atoms. The second-order valence-corrected chi connectivity index (χ2v) is 4.71. The zero-order valence-corrected chi connectivity index (χ0v) is 10.5. The molecular formula is C14H9F3OS. The molecule has 0 saturated carbocycles.